The monoisotopic (exact) mass is 499 g/mol. The van der Waals surface area contributed by atoms with Gasteiger partial charge in [0, 0.05) is 32.9 Å². The molecule has 200 valence electrons. The van der Waals surface area contributed by atoms with E-state index in [9.17, 15) is 14.7 Å². The molecule has 1 aromatic heterocycles. The predicted octanol–water partition coefficient (Wildman–Crippen LogP) is 4.24. The standard InChI is InChI=1S/C29H45N3O4/c1-27-11-12-29(35,13-14-36-4)15-20(27)5-6-21-22-7-8-24(28(22,2)10-9-23(21)27)25(33)18-32-17-19(16-31-32)26(34)30-3/h16-17,20-24,35H,5-15,18H2,1-4H3,(H,30,34)/t20-,21-,22-,23-,24+,27-,28-,29-/m0/s1. The Balaban J connectivity index is 1.28. The van der Waals surface area contributed by atoms with Crippen molar-refractivity contribution in [1.82, 2.24) is 15.1 Å². The first-order valence-electron chi connectivity index (χ1n) is 14.1. The highest BCUT2D eigenvalue weighted by molar-refractivity contribution is 5.93. The van der Waals surface area contributed by atoms with Gasteiger partial charge in [-0.3, -0.25) is 14.3 Å². The fourth-order valence-corrected chi connectivity index (χ4v) is 9.35. The summed E-state index contributed by atoms with van der Waals surface area (Å²) in [5.41, 5.74) is 0.293. The highest BCUT2D eigenvalue weighted by atomic mass is 16.5. The normalized spacial score (nSPS) is 41.8. The van der Waals surface area contributed by atoms with Crippen molar-refractivity contribution in [1.29, 1.82) is 0 Å². The SMILES string of the molecule is CNC(=O)c1cnn(CC(=O)[C@H]2CC[C@H]3[C@@H]4CC[C@H]5C[C@@](O)(CCOC)CC[C@]5(C)[C@H]4CC[C@]23C)c1. The maximum Gasteiger partial charge on any atom is 0.254 e. The fraction of sp³-hybridized carbons (Fsp3) is 0.828. The zero-order valence-corrected chi connectivity index (χ0v) is 22.6. The van der Waals surface area contributed by atoms with Crippen LogP contribution in [0.2, 0.25) is 0 Å². The zero-order chi connectivity index (χ0) is 25.7. The summed E-state index contributed by atoms with van der Waals surface area (Å²) in [5, 5.41) is 18.2. The molecule has 7 nitrogen and oxygen atoms in total. The van der Waals surface area contributed by atoms with Gasteiger partial charge in [-0.05, 0) is 98.7 Å². The van der Waals surface area contributed by atoms with Crippen LogP contribution in [0, 0.1) is 40.4 Å². The number of nitrogens with zero attached hydrogens (tertiary/aromatic N) is 2. The number of carbonyl (C=O) groups excluding carboxylic acids is 2. The summed E-state index contributed by atoms with van der Waals surface area (Å²) in [6.07, 6.45) is 13.8. The summed E-state index contributed by atoms with van der Waals surface area (Å²) in [6, 6.07) is 0. The van der Waals surface area contributed by atoms with Gasteiger partial charge in [-0.15, -0.1) is 0 Å². The molecule has 5 rings (SSSR count). The number of amides is 1. The van der Waals surface area contributed by atoms with Gasteiger partial charge in [0.25, 0.3) is 5.91 Å². The Bertz CT molecular complexity index is 993. The van der Waals surface area contributed by atoms with E-state index in [0.717, 1.165) is 44.9 Å². The topological polar surface area (TPSA) is 93.5 Å². The van der Waals surface area contributed by atoms with Crippen LogP contribution in [0.5, 0.6) is 0 Å². The molecule has 4 aliphatic carbocycles. The van der Waals surface area contributed by atoms with Gasteiger partial charge in [0.05, 0.1) is 23.9 Å². The molecule has 0 unspecified atom stereocenters. The lowest BCUT2D eigenvalue weighted by atomic mass is 9.43. The molecule has 1 amide bonds. The van der Waals surface area contributed by atoms with Crippen LogP contribution in [0.4, 0.5) is 0 Å². The van der Waals surface area contributed by atoms with Gasteiger partial charge in [0.2, 0.25) is 0 Å². The second-order valence-corrected chi connectivity index (χ2v) is 13.0. The van der Waals surface area contributed by atoms with Crippen molar-refractivity contribution in [2.75, 3.05) is 20.8 Å². The van der Waals surface area contributed by atoms with Gasteiger partial charge < -0.3 is 15.2 Å². The number of Topliss-reactive ketones (excluding diaryl/α,β-unsaturated/α-hetero) is 1. The first kappa shape index (κ1) is 25.9. The second-order valence-electron chi connectivity index (χ2n) is 13.0. The minimum absolute atomic E-state index is 0.0616. The van der Waals surface area contributed by atoms with E-state index < -0.39 is 5.60 Å². The highest BCUT2D eigenvalue weighted by Gasteiger charge is 2.62. The van der Waals surface area contributed by atoms with E-state index in [1.54, 1.807) is 25.0 Å². The molecule has 0 saturated heterocycles. The number of ketones is 1. The van der Waals surface area contributed by atoms with Crippen molar-refractivity contribution in [2.45, 2.75) is 90.2 Å². The van der Waals surface area contributed by atoms with Crippen LogP contribution in [0.1, 0.15) is 88.4 Å². The Morgan fingerprint density at radius 2 is 1.89 bits per heavy atom. The molecule has 0 aromatic carbocycles. The largest absolute Gasteiger partial charge is 0.390 e. The fourth-order valence-electron chi connectivity index (χ4n) is 9.35. The maximum absolute atomic E-state index is 13.5. The third kappa shape index (κ3) is 4.24. The maximum atomic E-state index is 13.5. The van der Waals surface area contributed by atoms with E-state index >= 15 is 0 Å². The Labute approximate surface area is 215 Å². The Morgan fingerprint density at radius 3 is 2.64 bits per heavy atom. The van der Waals surface area contributed by atoms with Crippen LogP contribution in [0.3, 0.4) is 0 Å². The van der Waals surface area contributed by atoms with Gasteiger partial charge in [-0.25, -0.2) is 0 Å². The van der Waals surface area contributed by atoms with Crippen LogP contribution in [0.15, 0.2) is 12.4 Å². The number of hydrogen-bond donors (Lipinski definition) is 2. The molecule has 4 fully saturated rings. The molecular formula is C29H45N3O4. The van der Waals surface area contributed by atoms with E-state index in [-0.39, 0.29) is 29.6 Å². The van der Waals surface area contributed by atoms with Gasteiger partial charge in [0.15, 0.2) is 5.78 Å². The number of aromatic nitrogens is 2. The molecule has 2 N–H and O–H groups in total. The number of nitrogens with one attached hydrogen (secondary N) is 1. The molecular weight excluding hydrogens is 454 g/mol. The van der Waals surface area contributed by atoms with Crippen molar-refractivity contribution in [3.8, 4) is 0 Å². The molecule has 7 heteroatoms. The van der Waals surface area contributed by atoms with E-state index in [1.165, 1.54) is 25.5 Å². The number of ether oxygens (including phenoxy) is 1. The second kappa shape index (κ2) is 9.54. The summed E-state index contributed by atoms with van der Waals surface area (Å²) in [5.74, 6) is 2.76. The highest BCUT2D eigenvalue weighted by Crippen LogP contribution is 2.68. The third-order valence-corrected chi connectivity index (χ3v) is 11.4. The van der Waals surface area contributed by atoms with Crippen LogP contribution < -0.4 is 5.32 Å². The quantitative estimate of drug-likeness (QED) is 0.585. The van der Waals surface area contributed by atoms with Crippen LogP contribution in [-0.2, 0) is 16.1 Å². The predicted molar refractivity (Wildman–Crippen MR) is 137 cm³/mol. The Hall–Kier alpha value is -1.73. The van der Waals surface area contributed by atoms with E-state index in [0.29, 0.717) is 41.3 Å². The van der Waals surface area contributed by atoms with Crippen LogP contribution in [-0.4, -0.2) is 52.9 Å². The summed E-state index contributed by atoms with van der Waals surface area (Å²) >= 11 is 0. The number of fused-ring (bicyclic) bond motifs is 5. The molecule has 36 heavy (non-hydrogen) atoms. The molecule has 0 spiro atoms. The molecule has 4 saturated carbocycles. The van der Waals surface area contributed by atoms with Crippen LogP contribution in [0.25, 0.3) is 0 Å². The first-order chi connectivity index (χ1) is 17.1. The molecule has 8 atom stereocenters. The molecule has 0 radical (unpaired) electrons. The number of methoxy groups -OCH3 is 1. The number of carbonyl (C=O) groups is 2. The molecule has 0 bridgehead atoms. The molecule has 0 aliphatic heterocycles. The average Bonchev–Trinajstić information content (AvgIpc) is 3.47. The minimum atomic E-state index is -0.564. The average molecular weight is 500 g/mol. The van der Waals surface area contributed by atoms with Gasteiger partial charge >= 0.3 is 0 Å². The van der Waals surface area contributed by atoms with Gasteiger partial charge in [-0.1, -0.05) is 13.8 Å². The molecule has 1 aromatic rings. The smallest absolute Gasteiger partial charge is 0.254 e. The summed E-state index contributed by atoms with van der Waals surface area (Å²) in [7, 11) is 3.32. The summed E-state index contributed by atoms with van der Waals surface area (Å²) in [6.45, 7) is 5.79. The van der Waals surface area contributed by atoms with Crippen molar-refractivity contribution >= 4 is 11.7 Å². The first-order valence-corrected chi connectivity index (χ1v) is 14.1. The van der Waals surface area contributed by atoms with Crippen LogP contribution >= 0.6 is 0 Å². The van der Waals surface area contributed by atoms with Gasteiger partial charge in [-0.2, -0.15) is 5.10 Å². The van der Waals surface area contributed by atoms with E-state index in [2.05, 4.69) is 24.3 Å². The van der Waals surface area contributed by atoms with E-state index in [4.69, 9.17) is 4.74 Å². The summed E-state index contributed by atoms with van der Waals surface area (Å²) in [4.78, 5) is 25.4. The van der Waals surface area contributed by atoms with Crippen molar-refractivity contribution in [3.05, 3.63) is 18.0 Å². The van der Waals surface area contributed by atoms with Gasteiger partial charge in [0.1, 0.15) is 0 Å². The van der Waals surface area contributed by atoms with Crippen molar-refractivity contribution < 1.29 is 19.4 Å². The molecule has 1 heterocycles. The number of aliphatic hydroxyl groups is 1. The summed E-state index contributed by atoms with van der Waals surface area (Å²) < 4.78 is 6.92. The Kier molecular flexibility index (Phi) is 6.86. The lowest BCUT2D eigenvalue weighted by Gasteiger charge is -2.62. The van der Waals surface area contributed by atoms with Crippen molar-refractivity contribution in [2.24, 2.45) is 40.4 Å². The lowest BCUT2D eigenvalue weighted by molar-refractivity contribution is -0.157. The molecule has 4 aliphatic rings. The van der Waals surface area contributed by atoms with Crippen molar-refractivity contribution in [3.63, 3.8) is 0 Å². The Morgan fingerprint density at radius 1 is 1.11 bits per heavy atom. The lowest BCUT2D eigenvalue weighted by Crippen LogP contribution is -2.56. The number of hydrogen-bond acceptors (Lipinski definition) is 5. The third-order valence-electron chi connectivity index (χ3n) is 11.4. The zero-order valence-electron chi connectivity index (χ0n) is 22.6. The number of rotatable bonds is 7. The minimum Gasteiger partial charge on any atom is -0.390 e. The van der Waals surface area contributed by atoms with E-state index in [1.807, 2.05) is 0 Å².